The highest BCUT2D eigenvalue weighted by molar-refractivity contribution is 5.87. The van der Waals surface area contributed by atoms with Crippen LogP contribution >= 0.6 is 0 Å². The summed E-state index contributed by atoms with van der Waals surface area (Å²) in [6, 6.07) is 13.6. The predicted molar refractivity (Wildman–Crippen MR) is 162 cm³/mol. The van der Waals surface area contributed by atoms with Crippen LogP contribution in [-0.2, 0) is 25.7 Å². The second-order valence-electron chi connectivity index (χ2n) is 11.6. The van der Waals surface area contributed by atoms with Crippen LogP contribution in [0.25, 0.3) is 10.8 Å². The number of carbonyl (C=O) groups excluding carboxylic acids is 3. The second-order valence-corrected chi connectivity index (χ2v) is 11.6. The van der Waals surface area contributed by atoms with Gasteiger partial charge in [0.2, 0.25) is 17.7 Å². The van der Waals surface area contributed by atoms with Crippen molar-refractivity contribution < 1.29 is 19.1 Å². The van der Waals surface area contributed by atoms with Crippen LogP contribution in [0.2, 0.25) is 0 Å². The first-order chi connectivity index (χ1) is 20.1. The van der Waals surface area contributed by atoms with Crippen molar-refractivity contribution in [1.29, 1.82) is 0 Å². The molecule has 4 rings (SSSR count). The van der Waals surface area contributed by atoms with Crippen molar-refractivity contribution in [3.05, 3.63) is 48.0 Å². The maximum Gasteiger partial charge on any atom is 0.237 e. The topological polar surface area (TPSA) is 99.8 Å². The average molecular weight is 565 g/mol. The lowest BCUT2D eigenvalue weighted by molar-refractivity contribution is -0.131. The van der Waals surface area contributed by atoms with Crippen LogP contribution in [0, 0.1) is 0 Å². The van der Waals surface area contributed by atoms with Gasteiger partial charge in [0, 0.05) is 32.5 Å². The fourth-order valence-electron chi connectivity index (χ4n) is 5.89. The van der Waals surface area contributed by atoms with Gasteiger partial charge in [-0.15, -0.1) is 0 Å². The van der Waals surface area contributed by atoms with E-state index in [1.165, 1.54) is 12.8 Å². The van der Waals surface area contributed by atoms with Gasteiger partial charge in [-0.25, -0.2) is 0 Å². The largest absolute Gasteiger partial charge is 0.364 e. The van der Waals surface area contributed by atoms with E-state index in [1.807, 2.05) is 23.1 Å². The van der Waals surface area contributed by atoms with E-state index in [1.54, 1.807) is 0 Å². The summed E-state index contributed by atoms with van der Waals surface area (Å²) >= 11 is 0. The van der Waals surface area contributed by atoms with Crippen molar-refractivity contribution in [2.24, 2.45) is 0 Å². The zero-order valence-corrected chi connectivity index (χ0v) is 24.5. The molecule has 3 N–H and O–H groups in total. The quantitative estimate of drug-likeness (QED) is 0.485. The second kappa shape index (κ2) is 17.1. The van der Waals surface area contributed by atoms with E-state index in [-0.39, 0.29) is 49.6 Å². The lowest BCUT2D eigenvalue weighted by Crippen LogP contribution is -2.46. The Kier molecular flexibility index (Phi) is 12.9. The van der Waals surface area contributed by atoms with E-state index < -0.39 is 0 Å². The summed E-state index contributed by atoms with van der Waals surface area (Å²) in [7, 11) is 0. The molecule has 3 amide bonds. The fraction of sp³-hybridized carbons (Fsp3) is 0.606. The molecule has 0 aliphatic carbocycles. The van der Waals surface area contributed by atoms with E-state index in [0.29, 0.717) is 13.0 Å². The Morgan fingerprint density at radius 3 is 2.39 bits per heavy atom. The molecule has 2 aliphatic rings. The zero-order valence-electron chi connectivity index (χ0n) is 24.5. The predicted octanol–water partition coefficient (Wildman–Crippen LogP) is 4.80. The Balaban J connectivity index is 1.34. The molecule has 8 nitrogen and oxygen atoms in total. The molecule has 0 spiro atoms. The van der Waals surface area contributed by atoms with E-state index in [4.69, 9.17) is 4.74 Å². The van der Waals surface area contributed by atoms with Crippen LogP contribution < -0.4 is 16.0 Å². The average Bonchev–Trinajstić information content (AvgIpc) is 3.53. The minimum absolute atomic E-state index is 0.0208. The molecule has 2 atom stereocenters. The number of hydrogen-bond donors (Lipinski definition) is 3. The number of carbonyl (C=O) groups is 3. The van der Waals surface area contributed by atoms with Gasteiger partial charge in [-0.3, -0.25) is 19.7 Å². The Bertz CT molecular complexity index is 1110. The molecule has 2 heterocycles. The number of amides is 3. The minimum Gasteiger partial charge on any atom is -0.364 e. The van der Waals surface area contributed by atoms with E-state index in [9.17, 15) is 14.4 Å². The molecular formula is C33H48N4O4. The fourth-order valence-corrected chi connectivity index (χ4v) is 5.89. The van der Waals surface area contributed by atoms with Crippen LogP contribution in [0.1, 0.15) is 89.0 Å². The van der Waals surface area contributed by atoms with Crippen LogP contribution in [0.15, 0.2) is 42.5 Å². The number of likely N-dealkylation sites (tertiary alicyclic amines) is 1. The minimum atomic E-state index is -0.380. The van der Waals surface area contributed by atoms with Gasteiger partial charge in [0.05, 0.1) is 25.4 Å². The summed E-state index contributed by atoms with van der Waals surface area (Å²) in [5, 5.41) is 11.8. The molecule has 224 valence electrons. The Labute approximate surface area is 245 Å². The molecule has 41 heavy (non-hydrogen) atoms. The number of benzene rings is 2. The number of nitrogens with one attached hydrogen (secondary N) is 3. The molecule has 8 heteroatoms. The smallest absolute Gasteiger partial charge is 0.237 e. The first-order valence-electron chi connectivity index (χ1n) is 15.7. The zero-order chi connectivity index (χ0) is 28.7. The monoisotopic (exact) mass is 564 g/mol. The van der Waals surface area contributed by atoms with Crippen molar-refractivity contribution in [2.75, 3.05) is 26.4 Å². The van der Waals surface area contributed by atoms with E-state index >= 15 is 0 Å². The first-order valence-corrected chi connectivity index (χ1v) is 15.7. The Hall–Kier alpha value is -2.97. The maximum absolute atomic E-state index is 13.3. The standard InChI is InChI=1S/C33H48N4O4/c38-31-19-8-6-4-2-1-3-5-7-18-30(33(40)34-23-27-16-13-15-26-14-9-10-17-29(26)27)35-25-41-24-28(36-31)22-32(39)37-20-11-12-21-37/h9-10,13-17,28,30,35H,1-8,11-12,18-25H2,(H,34,40)(H,36,38)/t28-,30-/m0/s1. The van der Waals surface area contributed by atoms with Crippen molar-refractivity contribution in [1.82, 2.24) is 20.9 Å². The third-order valence-electron chi connectivity index (χ3n) is 8.29. The van der Waals surface area contributed by atoms with Gasteiger partial charge in [-0.05, 0) is 42.0 Å². The van der Waals surface area contributed by atoms with Crippen molar-refractivity contribution in [3.8, 4) is 0 Å². The summed E-state index contributed by atoms with van der Waals surface area (Å²) in [4.78, 5) is 40.6. The molecule has 2 aliphatic heterocycles. The lowest BCUT2D eigenvalue weighted by atomic mass is 10.0. The van der Waals surface area contributed by atoms with Gasteiger partial charge in [0.25, 0.3) is 0 Å². The molecule has 2 aromatic carbocycles. The number of hydrogen-bond acceptors (Lipinski definition) is 5. The van der Waals surface area contributed by atoms with Crippen LogP contribution in [-0.4, -0.2) is 61.1 Å². The van der Waals surface area contributed by atoms with Gasteiger partial charge in [-0.2, -0.15) is 0 Å². The van der Waals surface area contributed by atoms with Gasteiger partial charge in [0.1, 0.15) is 0 Å². The number of fused-ring (bicyclic) bond motifs is 1. The first kappa shape index (κ1) is 31.0. The highest BCUT2D eigenvalue weighted by atomic mass is 16.5. The summed E-state index contributed by atoms with van der Waals surface area (Å²) in [5.41, 5.74) is 1.09. The SMILES string of the molecule is O=C1CCCCCCCCCC[C@@H](C(=O)NCc2cccc3ccccc23)NCOC[C@H](CC(=O)N2CCCC2)N1. The highest BCUT2D eigenvalue weighted by Gasteiger charge is 2.24. The summed E-state index contributed by atoms with van der Waals surface area (Å²) < 4.78 is 5.93. The lowest BCUT2D eigenvalue weighted by Gasteiger charge is -2.23. The molecule has 0 bridgehead atoms. The van der Waals surface area contributed by atoms with Crippen molar-refractivity contribution in [2.45, 2.75) is 102 Å². The van der Waals surface area contributed by atoms with E-state index in [0.717, 1.165) is 87.2 Å². The molecule has 2 saturated heterocycles. The van der Waals surface area contributed by atoms with Gasteiger partial charge in [0.15, 0.2) is 0 Å². The van der Waals surface area contributed by atoms with Gasteiger partial charge in [-0.1, -0.05) is 87.4 Å². The normalized spacial score (nSPS) is 22.4. The van der Waals surface area contributed by atoms with E-state index in [2.05, 4.69) is 40.2 Å². The van der Waals surface area contributed by atoms with Crippen LogP contribution in [0.5, 0.6) is 0 Å². The molecule has 0 radical (unpaired) electrons. The Morgan fingerprint density at radius 1 is 0.878 bits per heavy atom. The summed E-state index contributed by atoms with van der Waals surface area (Å²) in [6.45, 7) is 2.44. The van der Waals surface area contributed by atoms with Crippen molar-refractivity contribution >= 4 is 28.5 Å². The number of ether oxygens (including phenoxy) is 1. The number of nitrogens with zero attached hydrogens (tertiary/aromatic N) is 1. The molecule has 0 saturated carbocycles. The van der Waals surface area contributed by atoms with Gasteiger partial charge < -0.3 is 20.3 Å². The molecule has 2 fully saturated rings. The van der Waals surface area contributed by atoms with Crippen LogP contribution in [0.4, 0.5) is 0 Å². The molecular weight excluding hydrogens is 516 g/mol. The number of rotatable bonds is 5. The molecule has 2 aromatic rings. The molecule has 0 aromatic heterocycles. The third kappa shape index (κ3) is 10.4. The molecule has 0 unspecified atom stereocenters. The Morgan fingerprint density at radius 2 is 1.59 bits per heavy atom. The summed E-state index contributed by atoms with van der Waals surface area (Å²) in [6.07, 6.45) is 12.2. The van der Waals surface area contributed by atoms with Crippen molar-refractivity contribution in [3.63, 3.8) is 0 Å². The van der Waals surface area contributed by atoms with Crippen LogP contribution in [0.3, 0.4) is 0 Å². The highest BCUT2D eigenvalue weighted by Crippen LogP contribution is 2.19. The third-order valence-corrected chi connectivity index (χ3v) is 8.29. The maximum atomic E-state index is 13.3. The summed E-state index contributed by atoms with van der Waals surface area (Å²) in [5.74, 6) is 0.00906. The van der Waals surface area contributed by atoms with Gasteiger partial charge >= 0.3 is 0 Å².